The van der Waals surface area contributed by atoms with Gasteiger partial charge in [0.1, 0.15) is 5.82 Å². The lowest BCUT2D eigenvalue weighted by Crippen LogP contribution is -2.21. The standard InChI is InChI=1S/C9H9ClN4OS/c10-7-2-1-6(16-7)9(15)12-3-5-4-13-14-8(5)11/h1-2,4H,3H2,(H,12,15)(H3,11,13,14). The molecule has 84 valence electrons. The normalized spacial score (nSPS) is 10.3. The number of halogens is 1. The minimum Gasteiger partial charge on any atom is -0.384 e. The molecule has 0 bridgehead atoms. The van der Waals surface area contributed by atoms with Crippen LogP contribution in [-0.4, -0.2) is 16.1 Å². The molecule has 2 aromatic rings. The SMILES string of the molecule is Nc1[nH]ncc1CNC(=O)c1ccc(Cl)s1. The van der Waals surface area contributed by atoms with E-state index in [4.69, 9.17) is 17.3 Å². The van der Waals surface area contributed by atoms with Crippen LogP contribution >= 0.6 is 22.9 Å². The molecule has 0 aliphatic rings. The summed E-state index contributed by atoms with van der Waals surface area (Å²) in [5, 5.41) is 9.08. The minimum atomic E-state index is -0.169. The molecular formula is C9H9ClN4OS. The van der Waals surface area contributed by atoms with Gasteiger partial charge in [0.15, 0.2) is 0 Å². The Labute approximate surface area is 101 Å². The molecule has 1 amide bonds. The monoisotopic (exact) mass is 256 g/mol. The molecule has 0 unspecified atom stereocenters. The van der Waals surface area contributed by atoms with Gasteiger partial charge in [-0.1, -0.05) is 11.6 Å². The second kappa shape index (κ2) is 4.54. The first-order chi connectivity index (χ1) is 7.66. The Balaban J connectivity index is 1.96. The van der Waals surface area contributed by atoms with Crippen molar-refractivity contribution in [3.8, 4) is 0 Å². The summed E-state index contributed by atoms with van der Waals surface area (Å²) in [5.74, 6) is 0.294. The van der Waals surface area contributed by atoms with Crippen LogP contribution in [0.2, 0.25) is 4.34 Å². The number of carbonyl (C=O) groups is 1. The van der Waals surface area contributed by atoms with Crippen LogP contribution in [0, 0.1) is 0 Å². The Hall–Kier alpha value is -1.53. The van der Waals surface area contributed by atoms with Crippen molar-refractivity contribution in [1.29, 1.82) is 0 Å². The van der Waals surface area contributed by atoms with Crippen molar-refractivity contribution in [3.63, 3.8) is 0 Å². The maximum absolute atomic E-state index is 11.6. The highest BCUT2D eigenvalue weighted by Crippen LogP contribution is 2.21. The molecule has 2 rings (SSSR count). The van der Waals surface area contributed by atoms with Gasteiger partial charge < -0.3 is 11.1 Å². The third kappa shape index (κ3) is 2.34. The number of amides is 1. The first-order valence-corrected chi connectivity index (χ1v) is 5.67. The maximum Gasteiger partial charge on any atom is 0.261 e. The number of aromatic nitrogens is 2. The number of rotatable bonds is 3. The minimum absolute atomic E-state index is 0.169. The molecule has 0 aliphatic heterocycles. The van der Waals surface area contributed by atoms with E-state index in [9.17, 15) is 4.79 Å². The molecule has 4 N–H and O–H groups in total. The van der Waals surface area contributed by atoms with E-state index in [0.717, 1.165) is 5.56 Å². The van der Waals surface area contributed by atoms with Crippen molar-refractivity contribution >= 4 is 34.7 Å². The summed E-state index contributed by atoms with van der Waals surface area (Å²) in [6.45, 7) is 0.344. The smallest absolute Gasteiger partial charge is 0.261 e. The maximum atomic E-state index is 11.6. The number of nitrogens with zero attached hydrogens (tertiary/aromatic N) is 1. The van der Waals surface area contributed by atoms with Crippen LogP contribution in [-0.2, 0) is 6.54 Å². The van der Waals surface area contributed by atoms with Crippen LogP contribution < -0.4 is 11.1 Å². The molecule has 0 fully saturated rings. The summed E-state index contributed by atoms with van der Waals surface area (Å²) in [5.41, 5.74) is 6.34. The van der Waals surface area contributed by atoms with Crippen LogP contribution in [0.25, 0.3) is 0 Å². The zero-order chi connectivity index (χ0) is 11.5. The summed E-state index contributed by atoms with van der Waals surface area (Å²) in [6.07, 6.45) is 1.58. The number of thiophene rings is 1. The summed E-state index contributed by atoms with van der Waals surface area (Å²) in [7, 11) is 0. The van der Waals surface area contributed by atoms with E-state index in [1.54, 1.807) is 18.3 Å². The van der Waals surface area contributed by atoms with Gasteiger partial charge >= 0.3 is 0 Å². The van der Waals surface area contributed by atoms with Gasteiger partial charge in [-0.25, -0.2) is 0 Å². The fraction of sp³-hybridized carbons (Fsp3) is 0.111. The zero-order valence-electron chi connectivity index (χ0n) is 8.16. The van der Waals surface area contributed by atoms with Crippen LogP contribution in [0.5, 0.6) is 0 Å². The van der Waals surface area contributed by atoms with E-state index >= 15 is 0 Å². The van der Waals surface area contributed by atoms with Crippen molar-refractivity contribution in [2.45, 2.75) is 6.54 Å². The third-order valence-corrected chi connectivity index (χ3v) is 3.22. The van der Waals surface area contributed by atoms with E-state index in [1.807, 2.05) is 0 Å². The summed E-state index contributed by atoms with van der Waals surface area (Å²) in [4.78, 5) is 12.2. The number of hydrogen-bond donors (Lipinski definition) is 3. The Kier molecular flexibility index (Phi) is 3.12. The average molecular weight is 257 g/mol. The topological polar surface area (TPSA) is 83.8 Å². The van der Waals surface area contributed by atoms with Crippen LogP contribution in [0.1, 0.15) is 15.2 Å². The number of nitrogens with two attached hydrogens (primary N) is 1. The van der Waals surface area contributed by atoms with E-state index < -0.39 is 0 Å². The van der Waals surface area contributed by atoms with Gasteiger partial charge in [0.25, 0.3) is 5.91 Å². The predicted molar refractivity (Wildman–Crippen MR) is 63.5 cm³/mol. The van der Waals surface area contributed by atoms with Crippen molar-refractivity contribution in [1.82, 2.24) is 15.5 Å². The second-order valence-electron chi connectivity index (χ2n) is 3.10. The third-order valence-electron chi connectivity index (χ3n) is 1.99. The number of nitrogen functional groups attached to an aromatic ring is 1. The van der Waals surface area contributed by atoms with Crippen molar-refractivity contribution in [2.75, 3.05) is 5.73 Å². The zero-order valence-corrected chi connectivity index (χ0v) is 9.73. The highest BCUT2D eigenvalue weighted by molar-refractivity contribution is 7.17. The lowest BCUT2D eigenvalue weighted by Gasteiger charge is -2.01. The van der Waals surface area contributed by atoms with Crippen molar-refractivity contribution in [2.24, 2.45) is 0 Å². The lowest BCUT2D eigenvalue weighted by molar-refractivity contribution is 0.0955. The number of hydrogen-bond acceptors (Lipinski definition) is 4. The lowest BCUT2D eigenvalue weighted by atomic mass is 10.3. The van der Waals surface area contributed by atoms with Gasteiger partial charge in [0, 0.05) is 12.1 Å². The molecule has 16 heavy (non-hydrogen) atoms. The Morgan fingerprint density at radius 2 is 2.44 bits per heavy atom. The van der Waals surface area contributed by atoms with Crippen LogP contribution in [0.3, 0.4) is 0 Å². The molecule has 0 aliphatic carbocycles. The fourth-order valence-corrected chi connectivity index (χ4v) is 2.12. The van der Waals surface area contributed by atoms with Crippen molar-refractivity contribution < 1.29 is 4.79 Å². The Bertz CT molecular complexity index is 507. The molecule has 0 saturated carbocycles. The average Bonchev–Trinajstić information content (AvgIpc) is 2.84. The van der Waals surface area contributed by atoms with E-state index in [2.05, 4.69) is 15.5 Å². The molecule has 0 atom stereocenters. The summed E-state index contributed by atoms with van der Waals surface area (Å²) >= 11 is 6.97. The van der Waals surface area contributed by atoms with Gasteiger partial charge in [-0.3, -0.25) is 9.89 Å². The Morgan fingerprint density at radius 1 is 1.62 bits per heavy atom. The van der Waals surface area contributed by atoms with Crippen LogP contribution in [0.4, 0.5) is 5.82 Å². The first kappa shape index (κ1) is 11.0. The van der Waals surface area contributed by atoms with Crippen LogP contribution in [0.15, 0.2) is 18.3 Å². The van der Waals surface area contributed by atoms with E-state index in [1.165, 1.54) is 11.3 Å². The number of nitrogens with one attached hydrogen (secondary N) is 2. The predicted octanol–water partition coefficient (Wildman–Crippen LogP) is 1.64. The number of anilines is 1. The molecule has 7 heteroatoms. The number of H-pyrrole nitrogens is 1. The van der Waals surface area contributed by atoms with Gasteiger partial charge in [-0.15, -0.1) is 11.3 Å². The molecular weight excluding hydrogens is 248 g/mol. The highest BCUT2D eigenvalue weighted by atomic mass is 35.5. The highest BCUT2D eigenvalue weighted by Gasteiger charge is 2.09. The quantitative estimate of drug-likeness (QED) is 0.781. The molecule has 2 aromatic heterocycles. The second-order valence-corrected chi connectivity index (χ2v) is 4.81. The molecule has 2 heterocycles. The first-order valence-electron chi connectivity index (χ1n) is 4.48. The Morgan fingerprint density at radius 3 is 3.00 bits per heavy atom. The summed E-state index contributed by atoms with van der Waals surface area (Å²) < 4.78 is 0.591. The number of aromatic amines is 1. The van der Waals surface area contributed by atoms with Gasteiger partial charge in [0.2, 0.25) is 0 Å². The molecule has 0 radical (unpaired) electrons. The van der Waals surface area contributed by atoms with E-state index in [-0.39, 0.29) is 5.91 Å². The molecule has 5 nitrogen and oxygen atoms in total. The summed E-state index contributed by atoms with van der Waals surface area (Å²) in [6, 6.07) is 3.37. The van der Waals surface area contributed by atoms with Crippen molar-refractivity contribution in [3.05, 3.63) is 33.1 Å². The van der Waals surface area contributed by atoms with Gasteiger partial charge in [0.05, 0.1) is 15.4 Å². The van der Waals surface area contributed by atoms with Gasteiger partial charge in [-0.2, -0.15) is 5.10 Å². The molecule has 0 spiro atoms. The van der Waals surface area contributed by atoms with E-state index in [0.29, 0.717) is 21.6 Å². The molecule has 0 aromatic carbocycles. The number of carbonyl (C=O) groups excluding carboxylic acids is 1. The fourth-order valence-electron chi connectivity index (χ4n) is 1.16. The molecule has 0 saturated heterocycles. The van der Waals surface area contributed by atoms with Gasteiger partial charge in [-0.05, 0) is 12.1 Å². The largest absolute Gasteiger partial charge is 0.384 e.